The predicted octanol–water partition coefficient (Wildman–Crippen LogP) is 4.80. The number of piperidine rings is 1. The van der Waals surface area contributed by atoms with Crippen LogP contribution in [0.15, 0.2) is 65.9 Å². The summed E-state index contributed by atoms with van der Waals surface area (Å²) in [4.78, 5) is 68.1. The highest BCUT2D eigenvalue weighted by Gasteiger charge is 2.44. The first-order chi connectivity index (χ1) is 24.9. The molecule has 1 unspecified atom stereocenters. The highest BCUT2D eigenvalue weighted by Crippen LogP contribution is 2.29. The highest BCUT2D eigenvalue weighted by molar-refractivity contribution is 14.1. The van der Waals surface area contributed by atoms with E-state index in [4.69, 9.17) is 4.84 Å². The number of hydroxylamine groups is 1. The maximum atomic E-state index is 14.6. The molecule has 0 radical (unpaired) electrons. The minimum atomic E-state index is -1.32. The monoisotopic (exact) mass is 836 g/mol. The van der Waals surface area contributed by atoms with E-state index in [0.29, 0.717) is 28.8 Å². The van der Waals surface area contributed by atoms with Crippen molar-refractivity contribution in [2.75, 3.05) is 31.6 Å². The molecule has 52 heavy (non-hydrogen) atoms. The number of amides is 5. The predicted molar refractivity (Wildman–Crippen MR) is 195 cm³/mol. The van der Waals surface area contributed by atoms with Crippen LogP contribution >= 0.6 is 22.6 Å². The fourth-order valence-corrected chi connectivity index (χ4v) is 5.91. The minimum Gasteiger partial charge on any atom is -0.386 e. The number of hydrogen-bond acceptors (Lipinski definition) is 9. The number of carbonyl (C=O) groups is 5. The largest absolute Gasteiger partial charge is 0.386 e. The lowest BCUT2D eigenvalue weighted by Gasteiger charge is -2.28. The van der Waals surface area contributed by atoms with Gasteiger partial charge in [0.15, 0.2) is 11.6 Å². The standard InChI is InChI=1S/C36H40F3IN6O6/c1-21(8-10-24-22(2)35(50)46(36(24)51)29-14-15-30(47)44-34(29)49)42-18-6-4-3-5-16-41-17-7-19-52-45-33(48)25-11-12-26(37)31(39)32(25)43-28-13-9-23(40)20-27(28)38/h8-13,20,29,41-43H,1,3-7,14-19H2,2H3,(H,45,48)(H,44,47,49)/b10-8-. The Morgan fingerprint density at radius 2 is 1.73 bits per heavy atom. The van der Waals surface area contributed by atoms with Gasteiger partial charge in [-0.05, 0) is 111 Å². The summed E-state index contributed by atoms with van der Waals surface area (Å²) in [5.74, 6) is -6.23. The molecule has 0 aliphatic carbocycles. The van der Waals surface area contributed by atoms with Gasteiger partial charge < -0.3 is 16.0 Å². The fraction of sp³-hybridized carbons (Fsp3) is 0.361. The summed E-state index contributed by atoms with van der Waals surface area (Å²) in [6, 6.07) is 5.04. The molecule has 278 valence electrons. The summed E-state index contributed by atoms with van der Waals surface area (Å²) >= 11 is 1.91. The highest BCUT2D eigenvalue weighted by atomic mass is 127. The molecule has 1 atom stereocenters. The summed E-state index contributed by atoms with van der Waals surface area (Å²) in [6.45, 7) is 7.71. The normalized spacial score (nSPS) is 16.2. The van der Waals surface area contributed by atoms with E-state index in [0.717, 1.165) is 49.3 Å². The number of imide groups is 2. The van der Waals surface area contributed by atoms with Crippen molar-refractivity contribution < 1.29 is 42.0 Å². The average molecular weight is 837 g/mol. The Bertz CT molecular complexity index is 1780. The van der Waals surface area contributed by atoms with Gasteiger partial charge >= 0.3 is 0 Å². The van der Waals surface area contributed by atoms with Gasteiger partial charge in [-0.1, -0.05) is 19.4 Å². The summed E-state index contributed by atoms with van der Waals surface area (Å²) in [5.41, 5.74) is 2.32. The Hall–Kier alpha value is -4.55. The zero-order chi connectivity index (χ0) is 37.8. The number of benzene rings is 2. The molecule has 0 bridgehead atoms. The third-order valence-electron chi connectivity index (χ3n) is 8.29. The van der Waals surface area contributed by atoms with Crippen LogP contribution in [0, 0.1) is 21.0 Å². The Kier molecular flexibility index (Phi) is 15.0. The quantitative estimate of drug-likeness (QED) is 0.0441. The van der Waals surface area contributed by atoms with E-state index in [1.165, 1.54) is 25.1 Å². The zero-order valence-electron chi connectivity index (χ0n) is 28.5. The molecule has 2 aliphatic rings. The first-order valence-electron chi connectivity index (χ1n) is 16.7. The number of carbonyl (C=O) groups excluding carboxylic acids is 5. The Morgan fingerprint density at radius 3 is 2.46 bits per heavy atom. The van der Waals surface area contributed by atoms with Gasteiger partial charge in [-0.3, -0.25) is 39.0 Å². The van der Waals surface area contributed by atoms with Crippen molar-refractivity contribution in [3.63, 3.8) is 0 Å². The molecule has 16 heteroatoms. The molecule has 2 aliphatic heterocycles. The van der Waals surface area contributed by atoms with Crippen molar-refractivity contribution in [2.45, 2.75) is 57.9 Å². The molecule has 0 aromatic heterocycles. The molecule has 5 N–H and O–H groups in total. The van der Waals surface area contributed by atoms with Gasteiger partial charge in [0.2, 0.25) is 11.8 Å². The SMILES string of the molecule is C=C(/C=C\C1=C(C)C(=O)N(C2CCC(=O)NC2=O)C1=O)NCCCCCCNCCCONC(=O)c1ccc(F)c(F)c1Nc1ccc(I)cc1F. The summed E-state index contributed by atoms with van der Waals surface area (Å²) in [6.07, 6.45) is 7.64. The van der Waals surface area contributed by atoms with Crippen LogP contribution < -0.4 is 26.7 Å². The van der Waals surface area contributed by atoms with E-state index in [1.807, 2.05) is 22.6 Å². The maximum absolute atomic E-state index is 14.6. The Morgan fingerprint density at radius 1 is 1.00 bits per heavy atom. The fourth-order valence-electron chi connectivity index (χ4n) is 5.46. The number of nitrogens with zero attached hydrogens (tertiary/aromatic N) is 1. The van der Waals surface area contributed by atoms with Gasteiger partial charge in [0.25, 0.3) is 17.7 Å². The molecule has 5 amide bonds. The van der Waals surface area contributed by atoms with Crippen LogP contribution in [0.25, 0.3) is 0 Å². The van der Waals surface area contributed by atoms with Crippen molar-refractivity contribution in [1.29, 1.82) is 0 Å². The molecule has 2 aromatic rings. The molecule has 4 rings (SSSR count). The second kappa shape index (κ2) is 19.3. The zero-order valence-corrected chi connectivity index (χ0v) is 30.7. The number of hydrogen-bond donors (Lipinski definition) is 5. The van der Waals surface area contributed by atoms with Crippen molar-refractivity contribution >= 4 is 63.5 Å². The summed E-state index contributed by atoms with van der Waals surface area (Å²) < 4.78 is 43.4. The molecular weight excluding hydrogens is 796 g/mol. The van der Waals surface area contributed by atoms with E-state index in [1.54, 1.807) is 12.1 Å². The third-order valence-corrected chi connectivity index (χ3v) is 8.96. The molecule has 0 spiro atoms. The van der Waals surface area contributed by atoms with E-state index >= 15 is 0 Å². The van der Waals surface area contributed by atoms with Crippen molar-refractivity contribution in [3.8, 4) is 0 Å². The van der Waals surface area contributed by atoms with E-state index in [9.17, 15) is 37.1 Å². The number of halogens is 4. The van der Waals surface area contributed by atoms with Crippen LogP contribution in [-0.2, 0) is 24.0 Å². The van der Waals surface area contributed by atoms with Crippen molar-refractivity contribution in [3.05, 3.63) is 92.5 Å². The summed E-state index contributed by atoms with van der Waals surface area (Å²) in [7, 11) is 0. The average Bonchev–Trinajstić information content (AvgIpc) is 3.31. The Labute approximate surface area is 312 Å². The van der Waals surface area contributed by atoms with Gasteiger partial charge in [0.1, 0.15) is 11.9 Å². The minimum absolute atomic E-state index is 0.0575. The smallest absolute Gasteiger partial charge is 0.277 e. The van der Waals surface area contributed by atoms with Crippen molar-refractivity contribution in [2.24, 2.45) is 0 Å². The number of anilines is 2. The molecule has 1 saturated heterocycles. The van der Waals surface area contributed by atoms with Crippen LogP contribution in [0.2, 0.25) is 0 Å². The third kappa shape index (κ3) is 10.7. The number of unbranched alkanes of at least 4 members (excludes halogenated alkanes) is 3. The lowest BCUT2D eigenvalue weighted by atomic mass is 10.0. The van der Waals surface area contributed by atoms with Crippen LogP contribution in [0.4, 0.5) is 24.5 Å². The first kappa shape index (κ1) is 40.2. The molecule has 0 saturated carbocycles. The van der Waals surface area contributed by atoms with E-state index in [-0.39, 0.29) is 41.8 Å². The van der Waals surface area contributed by atoms with Crippen LogP contribution in [0.1, 0.15) is 62.2 Å². The Balaban J connectivity index is 1.05. The molecule has 12 nitrogen and oxygen atoms in total. The van der Waals surface area contributed by atoms with Gasteiger partial charge in [-0.25, -0.2) is 18.7 Å². The molecule has 2 aromatic carbocycles. The molecule has 1 fully saturated rings. The second-order valence-corrected chi connectivity index (χ2v) is 13.3. The number of allylic oxidation sites excluding steroid dienone is 1. The summed E-state index contributed by atoms with van der Waals surface area (Å²) in [5, 5.41) is 11.1. The van der Waals surface area contributed by atoms with Crippen LogP contribution in [0.5, 0.6) is 0 Å². The second-order valence-electron chi connectivity index (χ2n) is 12.1. The first-order valence-corrected chi connectivity index (χ1v) is 17.8. The van der Waals surface area contributed by atoms with Gasteiger partial charge in [0.05, 0.1) is 23.5 Å². The number of nitrogens with one attached hydrogen (secondary N) is 5. The van der Waals surface area contributed by atoms with Gasteiger partial charge in [-0.2, -0.15) is 0 Å². The maximum Gasteiger partial charge on any atom is 0.277 e. The lowest BCUT2D eigenvalue weighted by molar-refractivity contribution is -0.150. The lowest BCUT2D eigenvalue weighted by Crippen LogP contribution is -2.54. The van der Waals surface area contributed by atoms with Gasteiger partial charge in [0, 0.05) is 33.4 Å². The van der Waals surface area contributed by atoms with Gasteiger partial charge in [-0.15, -0.1) is 0 Å². The topological polar surface area (TPSA) is 158 Å². The molecule has 2 heterocycles. The van der Waals surface area contributed by atoms with E-state index in [2.05, 4.69) is 33.3 Å². The van der Waals surface area contributed by atoms with E-state index < -0.39 is 58.7 Å². The van der Waals surface area contributed by atoms with Crippen LogP contribution in [0.3, 0.4) is 0 Å². The van der Waals surface area contributed by atoms with Crippen LogP contribution in [-0.4, -0.2) is 66.7 Å². The van der Waals surface area contributed by atoms with Crippen molar-refractivity contribution in [1.82, 2.24) is 26.3 Å². The number of rotatable bonds is 19. The molecular formula is C36H40F3IN6O6.